The standard InChI is InChI=1S/C15H19BrN2O2/c16-11-4-1-3-10(7-11)14-5-2-6-18(14)15(19)12-8-20-9-13(12)17/h1,3-4,7,12-14H,2,5-6,8-9,17H2. The van der Waals surface area contributed by atoms with Gasteiger partial charge in [-0.15, -0.1) is 0 Å². The topological polar surface area (TPSA) is 55.6 Å². The van der Waals surface area contributed by atoms with Crippen LogP contribution in [0.2, 0.25) is 0 Å². The van der Waals surface area contributed by atoms with E-state index in [1.54, 1.807) is 0 Å². The van der Waals surface area contributed by atoms with Crippen LogP contribution < -0.4 is 5.73 Å². The van der Waals surface area contributed by atoms with Crippen molar-refractivity contribution in [3.05, 3.63) is 34.3 Å². The number of nitrogens with two attached hydrogens (primary N) is 1. The van der Waals surface area contributed by atoms with Crippen LogP contribution in [0, 0.1) is 5.92 Å². The Morgan fingerprint density at radius 2 is 2.25 bits per heavy atom. The van der Waals surface area contributed by atoms with Gasteiger partial charge in [0.2, 0.25) is 5.91 Å². The van der Waals surface area contributed by atoms with Crippen LogP contribution in [-0.2, 0) is 9.53 Å². The van der Waals surface area contributed by atoms with E-state index in [0.29, 0.717) is 13.2 Å². The molecule has 0 spiro atoms. The minimum Gasteiger partial charge on any atom is -0.379 e. The maximum atomic E-state index is 12.7. The van der Waals surface area contributed by atoms with Crippen LogP contribution >= 0.6 is 15.9 Å². The van der Waals surface area contributed by atoms with Crippen molar-refractivity contribution in [2.24, 2.45) is 11.7 Å². The monoisotopic (exact) mass is 338 g/mol. The highest BCUT2D eigenvalue weighted by molar-refractivity contribution is 9.10. The van der Waals surface area contributed by atoms with E-state index in [2.05, 4.69) is 28.1 Å². The molecule has 3 rings (SSSR count). The maximum absolute atomic E-state index is 12.7. The summed E-state index contributed by atoms with van der Waals surface area (Å²) in [6.07, 6.45) is 2.07. The summed E-state index contributed by atoms with van der Waals surface area (Å²) in [4.78, 5) is 14.7. The lowest BCUT2D eigenvalue weighted by Gasteiger charge is -2.28. The molecular formula is C15H19BrN2O2. The summed E-state index contributed by atoms with van der Waals surface area (Å²) >= 11 is 3.50. The molecular weight excluding hydrogens is 320 g/mol. The van der Waals surface area contributed by atoms with Crippen molar-refractivity contribution >= 4 is 21.8 Å². The highest BCUT2D eigenvalue weighted by Crippen LogP contribution is 2.34. The second-order valence-corrected chi connectivity index (χ2v) is 6.47. The quantitative estimate of drug-likeness (QED) is 0.898. The Kier molecular flexibility index (Phi) is 4.10. The normalized spacial score (nSPS) is 29.9. The molecule has 2 N–H and O–H groups in total. The Morgan fingerprint density at radius 3 is 2.95 bits per heavy atom. The minimum atomic E-state index is -0.178. The van der Waals surface area contributed by atoms with Crippen LogP contribution in [0.5, 0.6) is 0 Å². The Bertz CT molecular complexity index is 508. The number of likely N-dealkylation sites (tertiary alicyclic amines) is 1. The molecule has 2 fully saturated rings. The van der Waals surface area contributed by atoms with Gasteiger partial charge in [0.15, 0.2) is 0 Å². The van der Waals surface area contributed by atoms with Crippen LogP contribution in [0.15, 0.2) is 28.7 Å². The number of benzene rings is 1. The van der Waals surface area contributed by atoms with E-state index in [1.807, 2.05) is 17.0 Å². The predicted octanol–water partition coefficient (Wildman–Crippen LogP) is 2.09. The van der Waals surface area contributed by atoms with E-state index < -0.39 is 0 Å². The molecule has 0 aromatic heterocycles. The van der Waals surface area contributed by atoms with Gasteiger partial charge in [0.05, 0.1) is 25.2 Å². The summed E-state index contributed by atoms with van der Waals surface area (Å²) in [7, 11) is 0. The SMILES string of the molecule is NC1COCC1C(=O)N1CCCC1c1cccc(Br)c1. The van der Waals surface area contributed by atoms with Crippen molar-refractivity contribution in [1.82, 2.24) is 4.90 Å². The van der Waals surface area contributed by atoms with Gasteiger partial charge < -0.3 is 15.4 Å². The number of hydrogen-bond donors (Lipinski definition) is 1. The predicted molar refractivity (Wildman–Crippen MR) is 80.1 cm³/mol. The minimum absolute atomic E-state index is 0.150. The molecule has 1 amide bonds. The van der Waals surface area contributed by atoms with Gasteiger partial charge >= 0.3 is 0 Å². The lowest BCUT2D eigenvalue weighted by atomic mass is 10.00. The summed E-state index contributed by atoms with van der Waals surface area (Å²) in [5, 5.41) is 0. The van der Waals surface area contributed by atoms with Gasteiger partial charge in [-0.1, -0.05) is 28.1 Å². The number of halogens is 1. The number of rotatable bonds is 2. The third-order valence-electron chi connectivity index (χ3n) is 4.21. The molecule has 2 saturated heterocycles. The van der Waals surface area contributed by atoms with Gasteiger partial charge in [-0.2, -0.15) is 0 Å². The number of hydrogen-bond acceptors (Lipinski definition) is 3. The molecule has 2 heterocycles. The fraction of sp³-hybridized carbons (Fsp3) is 0.533. The number of nitrogens with zero attached hydrogens (tertiary/aromatic N) is 1. The van der Waals surface area contributed by atoms with Crippen LogP contribution in [-0.4, -0.2) is 36.6 Å². The molecule has 4 nitrogen and oxygen atoms in total. The zero-order valence-electron chi connectivity index (χ0n) is 11.3. The zero-order chi connectivity index (χ0) is 14.1. The largest absolute Gasteiger partial charge is 0.379 e. The molecule has 2 aliphatic rings. The first-order chi connectivity index (χ1) is 9.66. The first kappa shape index (κ1) is 14.0. The molecule has 0 bridgehead atoms. The molecule has 1 aromatic rings. The molecule has 5 heteroatoms. The number of amides is 1. The van der Waals surface area contributed by atoms with Gasteiger partial charge in [0.25, 0.3) is 0 Å². The van der Waals surface area contributed by atoms with E-state index in [4.69, 9.17) is 10.5 Å². The number of carbonyl (C=O) groups excluding carboxylic acids is 1. The van der Waals surface area contributed by atoms with Gasteiger partial charge in [-0.3, -0.25) is 4.79 Å². The van der Waals surface area contributed by atoms with Crippen LogP contribution in [0.25, 0.3) is 0 Å². The summed E-state index contributed by atoms with van der Waals surface area (Å²) in [6.45, 7) is 1.77. The Labute approximate surface area is 127 Å². The van der Waals surface area contributed by atoms with E-state index in [1.165, 1.54) is 5.56 Å². The average molecular weight is 339 g/mol. The number of carbonyl (C=O) groups is 1. The maximum Gasteiger partial charge on any atom is 0.230 e. The highest BCUT2D eigenvalue weighted by atomic mass is 79.9. The molecule has 1 aromatic carbocycles. The Morgan fingerprint density at radius 1 is 1.40 bits per heavy atom. The second-order valence-electron chi connectivity index (χ2n) is 5.55. The van der Waals surface area contributed by atoms with Crippen molar-refractivity contribution in [3.63, 3.8) is 0 Å². The molecule has 0 aliphatic carbocycles. The Hall–Kier alpha value is -0.910. The van der Waals surface area contributed by atoms with Crippen molar-refractivity contribution in [2.45, 2.75) is 24.9 Å². The highest BCUT2D eigenvalue weighted by Gasteiger charge is 2.39. The summed E-state index contributed by atoms with van der Waals surface area (Å²) in [5.74, 6) is -0.0276. The molecule has 3 unspecified atom stereocenters. The third kappa shape index (κ3) is 2.62. The average Bonchev–Trinajstić information content (AvgIpc) is 3.06. The van der Waals surface area contributed by atoms with Crippen LogP contribution in [0.3, 0.4) is 0 Å². The molecule has 108 valence electrons. The van der Waals surface area contributed by atoms with Gasteiger partial charge in [0.1, 0.15) is 0 Å². The first-order valence-corrected chi connectivity index (χ1v) is 7.85. The third-order valence-corrected chi connectivity index (χ3v) is 4.70. The Balaban J connectivity index is 1.80. The number of ether oxygens (including phenoxy) is 1. The van der Waals surface area contributed by atoms with Crippen molar-refractivity contribution in [3.8, 4) is 0 Å². The van der Waals surface area contributed by atoms with E-state index in [9.17, 15) is 4.79 Å². The van der Waals surface area contributed by atoms with Crippen molar-refractivity contribution < 1.29 is 9.53 Å². The van der Waals surface area contributed by atoms with Crippen molar-refractivity contribution in [1.29, 1.82) is 0 Å². The van der Waals surface area contributed by atoms with Gasteiger partial charge in [0, 0.05) is 17.1 Å². The summed E-state index contributed by atoms with van der Waals surface area (Å²) in [6, 6.07) is 8.22. The van der Waals surface area contributed by atoms with Crippen LogP contribution in [0.4, 0.5) is 0 Å². The first-order valence-electron chi connectivity index (χ1n) is 7.06. The van der Waals surface area contributed by atoms with Gasteiger partial charge in [-0.05, 0) is 30.5 Å². The molecule has 20 heavy (non-hydrogen) atoms. The van der Waals surface area contributed by atoms with E-state index in [-0.39, 0.29) is 23.9 Å². The smallest absolute Gasteiger partial charge is 0.230 e. The van der Waals surface area contributed by atoms with Crippen LogP contribution in [0.1, 0.15) is 24.4 Å². The molecule has 0 saturated carbocycles. The molecule has 0 radical (unpaired) electrons. The zero-order valence-corrected chi connectivity index (χ0v) is 12.9. The molecule has 3 atom stereocenters. The fourth-order valence-corrected chi connectivity index (χ4v) is 3.55. The van der Waals surface area contributed by atoms with E-state index >= 15 is 0 Å². The van der Waals surface area contributed by atoms with E-state index in [0.717, 1.165) is 23.9 Å². The summed E-state index contributed by atoms with van der Waals surface area (Å²) in [5.41, 5.74) is 7.17. The van der Waals surface area contributed by atoms with Crippen molar-refractivity contribution in [2.75, 3.05) is 19.8 Å². The lowest BCUT2D eigenvalue weighted by Crippen LogP contribution is -2.43. The summed E-state index contributed by atoms with van der Waals surface area (Å²) < 4.78 is 6.38. The second kappa shape index (κ2) is 5.84. The fourth-order valence-electron chi connectivity index (χ4n) is 3.13. The molecule has 2 aliphatic heterocycles. The lowest BCUT2D eigenvalue weighted by molar-refractivity contribution is -0.136. The van der Waals surface area contributed by atoms with Gasteiger partial charge in [-0.25, -0.2) is 0 Å².